The van der Waals surface area contributed by atoms with Crippen molar-refractivity contribution in [1.82, 2.24) is 4.90 Å². The van der Waals surface area contributed by atoms with Crippen LogP contribution in [0.5, 0.6) is 0 Å². The van der Waals surface area contributed by atoms with Crippen molar-refractivity contribution in [3.8, 4) is 0 Å². The van der Waals surface area contributed by atoms with Gasteiger partial charge in [-0.15, -0.1) is 0 Å². The molecule has 1 atom stereocenters. The highest BCUT2D eigenvalue weighted by Gasteiger charge is 2.16. The minimum absolute atomic E-state index is 0.252. The highest BCUT2D eigenvalue weighted by Crippen LogP contribution is 2.10. The molecule has 76 valence electrons. The number of likely N-dealkylation sites (tertiary alicyclic amines) is 1. The van der Waals surface area contributed by atoms with Crippen LogP contribution in [-0.4, -0.2) is 30.3 Å². The van der Waals surface area contributed by atoms with E-state index in [1.165, 1.54) is 19.3 Å². The molecule has 2 heteroatoms. The maximum atomic E-state index is 11.6. The Balaban J connectivity index is 2.26. The number of Topliss-reactive ketones (excluding diaryl/α,β-unsaturated/α-hetero) is 1. The van der Waals surface area contributed by atoms with Crippen molar-refractivity contribution < 1.29 is 4.79 Å². The van der Waals surface area contributed by atoms with Gasteiger partial charge in [-0.05, 0) is 32.4 Å². The molecule has 1 saturated heterocycles. The zero-order valence-electron chi connectivity index (χ0n) is 8.88. The molecule has 0 saturated carbocycles. The third kappa shape index (κ3) is 3.47. The molecular weight excluding hydrogens is 162 g/mol. The van der Waals surface area contributed by atoms with E-state index in [2.05, 4.69) is 11.8 Å². The van der Waals surface area contributed by atoms with Crippen molar-refractivity contribution in [3.63, 3.8) is 0 Å². The fourth-order valence-corrected chi connectivity index (χ4v) is 1.72. The third-order valence-corrected chi connectivity index (χ3v) is 2.99. The van der Waals surface area contributed by atoms with Gasteiger partial charge in [-0.25, -0.2) is 0 Å². The molecule has 1 heterocycles. The van der Waals surface area contributed by atoms with Gasteiger partial charge in [0.2, 0.25) is 0 Å². The molecule has 1 aliphatic rings. The molecule has 1 rings (SSSR count). The van der Waals surface area contributed by atoms with Crippen LogP contribution in [0.2, 0.25) is 0 Å². The third-order valence-electron chi connectivity index (χ3n) is 2.99. The average Bonchev–Trinajstić information content (AvgIpc) is 2.18. The molecule has 0 aliphatic carbocycles. The maximum Gasteiger partial charge on any atom is 0.149 e. The fraction of sp³-hybridized carbons (Fsp3) is 0.909. The van der Waals surface area contributed by atoms with E-state index in [-0.39, 0.29) is 5.92 Å². The van der Waals surface area contributed by atoms with Crippen LogP contribution in [0.25, 0.3) is 0 Å². The van der Waals surface area contributed by atoms with Crippen molar-refractivity contribution in [1.29, 1.82) is 0 Å². The van der Waals surface area contributed by atoms with E-state index in [0.29, 0.717) is 12.3 Å². The lowest BCUT2D eigenvalue weighted by Crippen LogP contribution is -2.36. The van der Waals surface area contributed by atoms with Crippen LogP contribution in [0.15, 0.2) is 0 Å². The Hall–Kier alpha value is -0.370. The molecule has 0 radical (unpaired) electrons. The van der Waals surface area contributed by atoms with Gasteiger partial charge in [0.05, 0.1) is 6.54 Å². The molecule has 0 aromatic heterocycles. The summed E-state index contributed by atoms with van der Waals surface area (Å²) in [6, 6.07) is 0. The van der Waals surface area contributed by atoms with Crippen LogP contribution in [-0.2, 0) is 4.79 Å². The Bertz CT molecular complexity index is 161. The predicted octanol–water partition coefficient (Wildman–Crippen LogP) is 2.09. The summed E-state index contributed by atoms with van der Waals surface area (Å²) in [6.07, 6.45) is 4.86. The number of ketones is 1. The minimum Gasteiger partial charge on any atom is -0.298 e. The Morgan fingerprint density at radius 1 is 1.31 bits per heavy atom. The van der Waals surface area contributed by atoms with E-state index >= 15 is 0 Å². The van der Waals surface area contributed by atoms with Gasteiger partial charge in [0, 0.05) is 5.92 Å². The highest BCUT2D eigenvalue weighted by molar-refractivity contribution is 5.82. The molecule has 0 aromatic rings. The number of hydrogen-bond donors (Lipinski definition) is 0. The summed E-state index contributed by atoms with van der Waals surface area (Å²) in [5, 5.41) is 0. The average molecular weight is 183 g/mol. The van der Waals surface area contributed by atoms with Gasteiger partial charge in [-0.1, -0.05) is 20.3 Å². The first-order chi connectivity index (χ1) is 6.24. The lowest BCUT2D eigenvalue weighted by molar-refractivity contribution is -0.123. The summed E-state index contributed by atoms with van der Waals surface area (Å²) in [6.45, 7) is 7.06. The van der Waals surface area contributed by atoms with Gasteiger partial charge in [-0.2, -0.15) is 0 Å². The summed E-state index contributed by atoms with van der Waals surface area (Å²) in [7, 11) is 0. The van der Waals surface area contributed by atoms with Gasteiger partial charge in [0.15, 0.2) is 0 Å². The largest absolute Gasteiger partial charge is 0.298 e. The summed E-state index contributed by atoms with van der Waals surface area (Å²) >= 11 is 0. The van der Waals surface area contributed by atoms with Crippen LogP contribution in [0, 0.1) is 5.92 Å². The molecule has 0 amide bonds. The Morgan fingerprint density at radius 2 is 1.92 bits per heavy atom. The second-order valence-electron chi connectivity index (χ2n) is 4.11. The molecule has 0 N–H and O–H groups in total. The molecular formula is C11H21NO. The van der Waals surface area contributed by atoms with Crippen LogP contribution >= 0.6 is 0 Å². The van der Waals surface area contributed by atoms with E-state index in [4.69, 9.17) is 0 Å². The minimum atomic E-state index is 0.252. The monoisotopic (exact) mass is 183 g/mol. The summed E-state index contributed by atoms with van der Waals surface area (Å²) < 4.78 is 0. The first-order valence-corrected chi connectivity index (χ1v) is 5.49. The zero-order valence-corrected chi connectivity index (χ0v) is 8.88. The second-order valence-corrected chi connectivity index (χ2v) is 4.11. The van der Waals surface area contributed by atoms with E-state index in [1.807, 2.05) is 6.92 Å². The van der Waals surface area contributed by atoms with Crippen molar-refractivity contribution >= 4 is 5.78 Å². The Morgan fingerprint density at radius 3 is 2.46 bits per heavy atom. The van der Waals surface area contributed by atoms with Crippen LogP contribution in [0.1, 0.15) is 39.5 Å². The zero-order chi connectivity index (χ0) is 9.68. The first-order valence-electron chi connectivity index (χ1n) is 5.49. The summed E-state index contributed by atoms with van der Waals surface area (Å²) in [4.78, 5) is 13.9. The molecule has 1 unspecified atom stereocenters. The normalized spacial score (nSPS) is 21.4. The van der Waals surface area contributed by atoms with Gasteiger partial charge in [0.25, 0.3) is 0 Å². The SMILES string of the molecule is CCC(C)C(=O)CN1CCCCC1. The van der Waals surface area contributed by atoms with E-state index < -0.39 is 0 Å². The number of carbonyl (C=O) groups excluding carboxylic acids is 1. The molecule has 2 nitrogen and oxygen atoms in total. The lowest BCUT2D eigenvalue weighted by atomic mass is 10.0. The molecule has 1 fully saturated rings. The van der Waals surface area contributed by atoms with E-state index in [0.717, 1.165) is 19.5 Å². The van der Waals surface area contributed by atoms with Crippen molar-refractivity contribution in [2.45, 2.75) is 39.5 Å². The molecule has 0 bridgehead atoms. The van der Waals surface area contributed by atoms with Crippen LogP contribution in [0.4, 0.5) is 0 Å². The van der Waals surface area contributed by atoms with Crippen molar-refractivity contribution in [2.75, 3.05) is 19.6 Å². The first kappa shape index (κ1) is 10.7. The molecule has 1 aliphatic heterocycles. The number of carbonyl (C=O) groups is 1. The van der Waals surface area contributed by atoms with Crippen LogP contribution < -0.4 is 0 Å². The van der Waals surface area contributed by atoms with Crippen LogP contribution in [0.3, 0.4) is 0 Å². The number of rotatable bonds is 4. The molecule has 0 spiro atoms. The number of hydrogen-bond acceptors (Lipinski definition) is 2. The summed E-state index contributed by atoms with van der Waals surface area (Å²) in [5.74, 6) is 0.673. The van der Waals surface area contributed by atoms with Gasteiger partial charge >= 0.3 is 0 Å². The highest BCUT2D eigenvalue weighted by atomic mass is 16.1. The van der Waals surface area contributed by atoms with Gasteiger partial charge in [0.1, 0.15) is 5.78 Å². The molecule has 13 heavy (non-hydrogen) atoms. The standard InChI is InChI=1S/C11H21NO/c1-3-10(2)11(13)9-12-7-5-4-6-8-12/h10H,3-9H2,1-2H3. The second kappa shape index (κ2) is 5.38. The molecule has 0 aromatic carbocycles. The summed E-state index contributed by atoms with van der Waals surface area (Å²) in [5.41, 5.74) is 0. The van der Waals surface area contributed by atoms with Gasteiger partial charge < -0.3 is 0 Å². The number of piperidine rings is 1. The fourth-order valence-electron chi connectivity index (χ4n) is 1.72. The smallest absolute Gasteiger partial charge is 0.149 e. The van der Waals surface area contributed by atoms with E-state index in [9.17, 15) is 4.79 Å². The van der Waals surface area contributed by atoms with Crippen molar-refractivity contribution in [2.24, 2.45) is 5.92 Å². The predicted molar refractivity (Wildman–Crippen MR) is 54.8 cm³/mol. The Labute approximate surface area is 81.3 Å². The topological polar surface area (TPSA) is 20.3 Å². The van der Waals surface area contributed by atoms with Gasteiger partial charge in [-0.3, -0.25) is 9.69 Å². The number of nitrogens with zero attached hydrogens (tertiary/aromatic N) is 1. The quantitative estimate of drug-likeness (QED) is 0.665. The lowest BCUT2D eigenvalue weighted by Gasteiger charge is -2.26. The van der Waals surface area contributed by atoms with E-state index in [1.54, 1.807) is 0 Å². The maximum absolute atomic E-state index is 11.6. The van der Waals surface area contributed by atoms with Crippen molar-refractivity contribution in [3.05, 3.63) is 0 Å². The Kier molecular flexibility index (Phi) is 4.43.